The molecule has 3 heteroatoms. The van der Waals surface area contributed by atoms with Gasteiger partial charge in [-0.2, -0.15) is 0 Å². The average Bonchev–Trinajstić information content (AvgIpc) is 2.52. The van der Waals surface area contributed by atoms with Crippen LogP contribution in [0.2, 0.25) is 0 Å². The summed E-state index contributed by atoms with van der Waals surface area (Å²) in [5.41, 5.74) is 7.05. The number of hydrogen-bond acceptors (Lipinski definition) is 2. The Labute approximate surface area is 107 Å². The van der Waals surface area contributed by atoms with E-state index >= 15 is 0 Å². The lowest BCUT2D eigenvalue weighted by atomic mass is 9.85. The van der Waals surface area contributed by atoms with Crippen LogP contribution in [0, 0.1) is 0 Å². The number of allylic oxidation sites excluding steroid dienone is 2. The van der Waals surface area contributed by atoms with Gasteiger partial charge in [-0.15, -0.1) is 0 Å². The summed E-state index contributed by atoms with van der Waals surface area (Å²) in [6.45, 7) is 8.87. The van der Waals surface area contributed by atoms with Gasteiger partial charge in [0.25, 0.3) is 0 Å². The molecule has 2 aromatic heterocycles. The van der Waals surface area contributed by atoms with Crippen molar-refractivity contribution in [3.8, 4) is 0 Å². The summed E-state index contributed by atoms with van der Waals surface area (Å²) < 4.78 is 2.17. The smallest absolute Gasteiger partial charge is 0.239 e. The molecule has 2 heterocycles. The molecule has 3 rings (SSSR count). The summed E-state index contributed by atoms with van der Waals surface area (Å²) in [4.78, 5) is 9.29. The van der Waals surface area contributed by atoms with Gasteiger partial charge in [0, 0.05) is 5.41 Å². The zero-order valence-electron chi connectivity index (χ0n) is 11.6. The lowest BCUT2D eigenvalue weighted by molar-refractivity contribution is -0.649. The van der Waals surface area contributed by atoms with Crippen LogP contribution in [0.4, 0.5) is 0 Å². The number of pyridine rings is 1. The van der Waals surface area contributed by atoms with Crippen LogP contribution in [-0.4, -0.2) is 9.97 Å². The van der Waals surface area contributed by atoms with E-state index in [0.717, 1.165) is 11.2 Å². The number of fused-ring (bicyclic) bond motifs is 2. The molecule has 92 valence electrons. The minimum Gasteiger partial charge on any atom is -0.239 e. The van der Waals surface area contributed by atoms with Crippen LogP contribution in [0.15, 0.2) is 23.9 Å². The number of aryl methyl sites for hydroxylation is 1. The topological polar surface area (TPSA) is 29.7 Å². The predicted molar refractivity (Wildman–Crippen MR) is 72.0 cm³/mol. The highest BCUT2D eigenvalue weighted by Gasteiger charge is 2.39. The first-order valence-corrected chi connectivity index (χ1v) is 6.28. The van der Waals surface area contributed by atoms with Crippen molar-refractivity contribution in [1.82, 2.24) is 9.97 Å². The number of hydrogen-bond donors (Lipinski definition) is 0. The molecule has 3 nitrogen and oxygen atoms in total. The molecule has 0 bridgehead atoms. The largest absolute Gasteiger partial charge is 0.349 e. The molecule has 0 amide bonds. The number of aromatic nitrogens is 3. The molecule has 0 N–H and O–H groups in total. The molecule has 0 unspecified atom stereocenters. The average molecular weight is 240 g/mol. The van der Waals surface area contributed by atoms with Gasteiger partial charge in [0.15, 0.2) is 11.2 Å². The molecule has 0 saturated carbocycles. The third-order valence-electron chi connectivity index (χ3n) is 4.32. The molecule has 0 aliphatic heterocycles. The molecule has 1 aliphatic rings. The molecule has 0 atom stereocenters. The Hall–Kier alpha value is -1.77. The minimum atomic E-state index is 0.0151. The standard InChI is InChI=1S/C15H18N3/c1-9-10(2)15(3,4)13-12(9)18(5)14-11(17-13)7-6-8-16-14/h6-8H,1-5H3/q+1. The summed E-state index contributed by atoms with van der Waals surface area (Å²) >= 11 is 0. The first-order valence-electron chi connectivity index (χ1n) is 6.28. The maximum Gasteiger partial charge on any atom is 0.349 e. The van der Waals surface area contributed by atoms with Gasteiger partial charge in [-0.3, -0.25) is 0 Å². The Morgan fingerprint density at radius 1 is 1.22 bits per heavy atom. The predicted octanol–water partition coefficient (Wildman–Crippen LogP) is 2.54. The van der Waals surface area contributed by atoms with E-state index < -0.39 is 0 Å². The van der Waals surface area contributed by atoms with Crippen LogP contribution >= 0.6 is 0 Å². The summed E-state index contributed by atoms with van der Waals surface area (Å²) in [6, 6.07) is 3.97. The minimum absolute atomic E-state index is 0.0151. The maximum absolute atomic E-state index is 4.85. The van der Waals surface area contributed by atoms with Crippen molar-refractivity contribution in [2.24, 2.45) is 7.05 Å². The molecule has 1 aliphatic carbocycles. The fourth-order valence-corrected chi connectivity index (χ4v) is 2.86. The number of nitrogens with zero attached hydrogens (tertiary/aromatic N) is 3. The van der Waals surface area contributed by atoms with E-state index in [-0.39, 0.29) is 5.41 Å². The van der Waals surface area contributed by atoms with Crippen LogP contribution in [0.25, 0.3) is 16.7 Å². The van der Waals surface area contributed by atoms with Crippen molar-refractivity contribution in [2.75, 3.05) is 0 Å². The van der Waals surface area contributed by atoms with E-state index in [0.29, 0.717) is 0 Å². The summed E-state index contributed by atoms with van der Waals surface area (Å²) in [7, 11) is 2.08. The van der Waals surface area contributed by atoms with E-state index in [9.17, 15) is 0 Å². The van der Waals surface area contributed by atoms with E-state index in [1.807, 2.05) is 18.3 Å². The van der Waals surface area contributed by atoms with E-state index in [2.05, 4.69) is 44.3 Å². The SMILES string of the molecule is CC1=C(C)C(C)(C)c2nc3cccnc3[n+](C)c21. The van der Waals surface area contributed by atoms with Gasteiger partial charge in [0.2, 0.25) is 0 Å². The second-order valence-electron chi connectivity index (χ2n) is 5.59. The highest BCUT2D eigenvalue weighted by Crippen LogP contribution is 2.43. The van der Waals surface area contributed by atoms with Crippen LogP contribution in [-0.2, 0) is 12.5 Å². The third-order valence-corrected chi connectivity index (χ3v) is 4.32. The lowest BCUT2D eigenvalue weighted by Gasteiger charge is -2.20. The molecular formula is C15H18N3+. The first kappa shape index (κ1) is 11.3. The van der Waals surface area contributed by atoms with Gasteiger partial charge in [0.1, 0.15) is 6.20 Å². The van der Waals surface area contributed by atoms with Crippen molar-refractivity contribution in [1.29, 1.82) is 0 Å². The second kappa shape index (κ2) is 3.37. The van der Waals surface area contributed by atoms with Crippen molar-refractivity contribution >= 4 is 16.7 Å². The molecule has 0 radical (unpaired) electrons. The van der Waals surface area contributed by atoms with E-state index in [1.54, 1.807) is 0 Å². The highest BCUT2D eigenvalue weighted by atomic mass is 15.1. The van der Waals surface area contributed by atoms with Crippen LogP contribution < -0.4 is 4.57 Å². The van der Waals surface area contributed by atoms with Crippen molar-refractivity contribution in [3.63, 3.8) is 0 Å². The van der Waals surface area contributed by atoms with Gasteiger partial charge in [-0.1, -0.05) is 19.4 Å². The zero-order chi connectivity index (χ0) is 13.1. The Balaban J connectivity index is 2.48. The number of rotatable bonds is 0. The fraction of sp³-hybridized carbons (Fsp3) is 0.400. The highest BCUT2D eigenvalue weighted by molar-refractivity contribution is 5.76. The molecular weight excluding hydrogens is 222 g/mol. The summed E-state index contributed by atoms with van der Waals surface area (Å²) in [5, 5.41) is 0. The third kappa shape index (κ3) is 1.22. The summed E-state index contributed by atoms with van der Waals surface area (Å²) in [6.07, 6.45) is 1.82. The Kier molecular flexibility index (Phi) is 2.12. The molecule has 0 aromatic carbocycles. The monoisotopic (exact) mass is 240 g/mol. The van der Waals surface area contributed by atoms with Gasteiger partial charge in [0.05, 0.1) is 12.7 Å². The van der Waals surface area contributed by atoms with E-state index in [4.69, 9.17) is 4.98 Å². The summed E-state index contributed by atoms with van der Waals surface area (Å²) in [5.74, 6) is 0. The zero-order valence-corrected chi connectivity index (χ0v) is 11.6. The van der Waals surface area contributed by atoms with Crippen LogP contribution in [0.1, 0.15) is 39.1 Å². The molecule has 2 aromatic rings. The molecule has 0 fully saturated rings. The second-order valence-corrected chi connectivity index (χ2v) is 5.59. The first-order chi connectivity index (χ1) is 8.44. The normalized spacial score (nSPS) is 17.4. The van der Waals surface area contributed by atoms with Crippen LogP contribution in [0.5, 0.6) is 0 Å². The van der Waals surface area contributed by atoms with E-state index in [1.165, 1.54) is 22.5 Å². The Bertz CT molecular complexity index is 696. The quantitative estimate of drug-likeness (QED) is 0.662. The van der Waals surface area contributed by atoms with Gasteiger partial charge in [-0.05, 0) is 36.5 Å². The van der Waals surface area contributed by atoms with Crippen molar-refractivity contribution < 1.29 is 4.57 Å². The van der Waals surface area contributed by atoms with Crippen molar-refractivity contribution in [3.05, 3.63) is 35.3 Å². The van der Waals surface area contributed by atoms with Gasteiger partial charge in [-0.25, -0.2) is 9.55 Å². The maximum atomic E-state index is 4.85. The fourth-order valence-electron chi connectivity index (χ4n) is 2.86. The molecule has 0 spiro atoms. The van der Waals surface area contributed by atoms with Crippen molar-refractivity contribution in [2.45, 2.75) is 33.1 Å². The van der Waals surface area contributed by atoms with Gasteiger partial charge >= 0.3 is 5.65 Å². The van der Waals surface area contributed by atoms with Crippen LogP contribution in [0.3, 0.4) is 0 Å². The van der Waals surface area contributed by atoms with Gasteiger partial charge < -0.3 is 0 Å². The Morgan fingerprint density at radius 2 is 1.94 bits per heavy atom. The molecule has 0 saturated heterocycles. The Morgan fingerprint density at radius 3 is 2.67 bits per heavy atom. The molecule has 18 heavy (non-hydrogen) atoms. The lowest BCUT2D eigenvalue weighted by Crippen LogP contribution is -2.37.